The zero-order chi connectivity index (χ0) is 10.7. The summed E-state index contributed by atoms with van der Waals surface area (Å²) >= 11 is 0. The van der Waals surface area contributed by atoms with E-state index in [1.54, 1.807) is 0 Å². The van der Waals surface area contributed by atoms with Crippen molar-refractivity contribution in [2.24, 2.45) is 0 Å². The lowest BCUT2D eigenvalue weighted by atomic mass is 9.99. The number of fused-ring (bicyclic) bond motifs is 6. The maximum absolute atomic E-state index is 2.30. The predicted molar refractivity (Wildman–Crippen MR) is 68.7 cm³/mol. The van der Waals surface area contributed by atoms with Gasteiger partial charge >= 0.3 is 0 Å². The Bertz CT molecular complexity index is 736. The number of hydrogen-bond donors (Lipinski definition) is 0. The van der Waals surface area contributed by atoms with Gasteiger partial charge in [0.2, 0.25) is 0 Å². The number of hydrogen-bond acceptors (Lipinski definition) is 0. The van der Waals surface area contributed by atoms with Crippen molar-refractivity contribution in [3.8, 4) is 0 Å². The Morgan fingerprint density at radius 2 is 1.38 bits per heavy atom. The molecule has 3 aromatic carbocycles. The van der Waals surface area contributed by atoms with Crippen LogP contribution in [0.4, 0.5) is 0 Å². The van der Waals surface area contributed by atoms with Gasteiger partial charge in [0.25, 0.3) is 0 Å². The van der Waals surface area contributed by atoms with Crippen LogP contribution >= 0.6 is 0 Å². The van der Waals surface area contributed by atoms with Crippen molar-refractivity contribution in [2.45, 2.75) is 6.92 Å². The normalized spacial score (nSPS) is 13.1. The van der Waals surface area contributed by atoms with Crippen molar-refractivity contribution < 1.29 is 0 Å². The summed E-state index contributed by atoms with van der Waals surface area (Å²) in [6.45, 7) is 2.20. The lowest BCUT2D eigenvalue weighted by Gasteiger charge is -2.05. The van der Waals surface area contributed by atoms with Gasteiger partial charge < -0.3 is 0 Å². The first-order valence-electron chi connectivity index (χ1n) is 5.65. The topological polar surface area (TPSA) is 0 Å². The highest BCUT2D eigenvalue weighted by Crippen LogP contribution is 2.45. The molecule has 16 heavy (non-hydrogen) atoms. The Kier molecular flexibility index (Phi) is 1.38. The molecule has 0 amide bonds. The van der Waals surface area contributed by atoms with E-state index in [2.05, 4.69) is 55.8 Å². The van der Waals surface area contributed by atoms with Gasteiger partial charge in [-0.1, -0.05) is 42.5 Å². The molecule has 0 aromatic heterocycles. The summed E-state index contributed by atoms with van der Waals surface area (Å²) in [7, 11) is 0. The van der Waals surface area contributed by atoms with Crippen LogP contribution in [0.3, 0.4) is 0 Å². The number of rotatable bonds is 0. The molecule has 3 aromatic rings. The molecular weight excluding hydrogens is 192 g/mol. The lowest BCUT2D eigenvalue weighted by molar-refractivity contribution is 1.54. The van der Waals surface area contributed by atoms with E-state index in [9.17, 15) is 0 Å². The first-order chi connectivity index (χ1) is 7.86. The standard InChI is InChI=1S/C16H11/c1-10-5-4-8-13-15-9-14(15)11-6-2-3-7-12(11)16(10)13/h2-9H,1H3. The van der Waals surface area contributed by atoms with Gasteiger partial charge in [-0.25, -0.2) is 0 Å². The van der Waals surface area contributed by atoms with Crippen LogP contribution in [0.25, 0.3) is 21.5 Å². The van der Waals surface area contributed by atoms with Gasteiger partial charge in [0.1, 0.15) is 0 Å². The van der Waals surface area contributed by atoms with Crippen molar-refractivity contribution in [2.75, 3.05) is 0 Å². The minimum Gasteiger partial charge on any atom is -0.0616 e. The molecule has 0 fully saturated rings. The Morgan fingerprint density at radius 1 is 0.688 bits per heavy atom. The molecule has 1 aliphatic rings. The Labute approximate surface area is 94.5 Å². The van der Waals surface area contributed by atoms with Crippen molar-refractivity contribution >= 4 is 21.5 Å². The molecule has 0 spiro atoms. The maximum Gasteiger partial charge on any atom is 0.0218 e. The summed E-state index contributed by atoms with van der Waals surface area (Å²) in [5.74, 6) is 0. The van der Waals surface area contributed by atoms with Gasteiger partial charge in [-0.2, -0.15) is 0 Å². The van der Waals surface area contributed by atoms with Crippen LogP contribution < -0.4 is 0 Å². The first kappa shape index (κ1) is 8.35. The molecule has 0 N–H and O–H groups in total. The van der Waals surface area contributed by atoms with Crippen LogP contribution in [-0.2, 0) is 0 Å². The molecule has 0 heterocycles. The average Bonchev–Trinajstić information content (AvgIpc) is 3.09. The van der Waals surface area contributed by atoms with E-state index in [4.69, 9.17) is 0 Å². The highest BCUT2D eigenvalue weighted by atomic mass is 14.3. The van der Waals surface area contributed by atoms with Crippen LogP contribution in [0.5, 0.6) is 0 Å². The second-order valence-corrected chi connectivity index (χ2v) is 4.51. The summed E-state index contributed by atoms with van der Waals surface area (Å²) in [5.41, 5.74) is 4.25. The van der Waals surface area contributed by atoms with E-state index < -0.39 is 0 Å². The predicted octanol–water partition coefficient (Wildman–Crippen LogP) is 4.22. The van der Waals surface area contributed by atoms with Crippen LogP contribution in [0.2, 0.25) is 0 Å². The Hall–Kier alpha value is -1.82. The second-order valence-electron chi connectivity index (χ2n) is 4.51. The zero-order valence-corrected chi connectivity index (χ0v) is 9.12. The minimum absolute atomic E-state index is 1.37. The number of benzene rings is 3. The molecule has 0 aliphatic heterocycles. The summed E-state index contributed by atoms with van der Waals surface area (Å²) in [6, 6.07) is 15.3. The van der Waals surface area contributed by atoms with Crippen LogP contribution in [0, 0.1) is 13.3 Å². The first-order valence-corrected chi connectivity index (χ1v) is 5.65. The molecule has 0 bridgehead atoms. The fraction of sp³-hybridized carbons (Fsp3) is 0.0625. The fourth-order valence-corrected chi connectivity index (χ4v) is 2.74. The molecule has 4 rings (SSSR count). The minimum atomic E-state index is 1.37. The van der Waals surface area contributed by atoms with E-state index in [1.165, 1.54) is 38.2 Å². The number of aryl methyl sites for hydroxylation is 1. The van der Waals surface area contributed by atoms with E-state index in [0.717, 1.165) is 0 Å². The molecular formula is C16H11. The van der Waals surface area contributed by atoms with Crippen molar-refractivity contribution in [3.63, 3.8) is 0 Å². The van der Waals surface area contributed by atoms with Crippen LogP contribution in [0.1, 0.15) is 16.7 Å². The SMILES string of the molecule is Cc1cccc2c3c(c4ccccc4c12)[CH]3. The Morgan fingerprint density at radius 3 is 2.25 bits per heavy atom. The Balaban J connectivity index is 2.40. The molecule has 0 atom stereocenters. The van der Waals surface area contributed by atoms with Crippen molar-refractivity contribution in [1.82, 2.24) is 0 Å². The van der Waals surface area contributed by atoms with Gasteiger partial charge in [-0.05, 0) is 45.2 Å². The molecule has 0 unspecified atom stereocenters. The highest BCUT2D eigenvalue weighted by Gasteiger charge is 2.24. The summed E-state index contributed by atoms with van der Waals surface area (Å²) < 4.78 is 0. The molecule has 0 heteroatoms. The van der Waals surface area contributed by atoms with Gasteiger partial charge in [0, 0.05) is 6.42 Å². The molecule has 0 saturated carbocycles. The summed E-state index contributed by atoms with van der Waals surface area (Å²) in [4.78, 5) is 0. The van der Waals surface area contributed by atoms with E-state index >= 15 is 0 Å². The van der Waals surface area contributed by atoms with Crippen LogP contribution in [0.15, 0.2) is 42.5 Å². The average molecular weight is 203 g/mol. The fourth-order valence-electron chi connectivity index (χ4n) is 2.74. The molecule has 0 saturated heterocycles. The summed E-state index contributed by atoms with van der Waals surface area (Å²) in [6.07, 6.45) is 2.30. The van der Waals surface area contributed by atoms with E-state index in [-0.39, 0.29) is 0 Å². The van der Waals surface area contributed by atoms with Crippen molar-refractivity contribution in [1.29, 1.82) is 0 Å². The molecule has 75 valence electrons. The molecule has 1 aliphatic carbocycles. The van der Waals surface area contributed by atoms with Crippen LogP contribution in [-0.4, -0.2) is 0 Å². The molecule has 1 radical (unpaired) electrons. The smallest absolute Gasteiger partial charge is 0.0218 e. The van der Waals surface area contributed by atoms with Gasteiger partial charge in [-0.15, -0.1) is 0 Å². The quantitative estimate of drug-likeness (QED) is 0.375. The summed E-state index contributed by atoms with van der Waals surface area (Å²) in [5, 5.41) is 5.63. The second kappa shape index (κ2) is 2.65. The zero-order valence-electron chi connectivity index (χ0n) is 9.12. The maximum atomic E-state index is 2.30. The van der Waals surface area contributed by atoms with Gasteiger partial charge in [-0.3, -0.25) is 0 Å². The van der Waals surface area contributed by atoms with Gasteiger partial charge in [0.05, 0.1) is 0 Å². The third-order valence-corrected chi connectivity index (χ3v) is 3.55. The largest absolute Gasteiger partial charge is 0.0616 e. The third kappa shape index (κ3) is 0.898. The molecule has 0 nitrogen and oxygen atoms in total. The monoisotopic (exact) mass is 203 g/mol. The van der Waals surface area contributed by atoms with E-state index in [1.807, 2.05) is 0 Å². The highest BCUT2D eigenvalue weighted by molar-refractivity contribution is 6.16. The van der Waals surface area contributed by atoms with Crippen molar-refractivity contribution in [3.05, 3.63) is 65.6 Å². The van der Waals surface area contributed by atoms with Gasteiger partial charge in [0.15, 0.2) is 0 Å². The third-order valence-electron chi connectivity index (χ3n) is 3.55. The lowest BCUT2D eigenvalue weighted by Crippen LogP contribution is -1.80. The van der Waals surface area contributed by atoms with E-state index in [0.29, 0.717) is 0 Å².